The second-order valence-electron chi connectivity index (χ2n) is 4.50. The quantitative estimate of drug-likeness (QED) is 0.895. The van der Waals surface area contributed by atoms with Crippen LogP contribution in [0.2, 0.25) is 0 Å². The Kier molecular flexibility index (Phi) is 3.55. The highest BCUT2D eigenvalue weighted by molar-refractivity contribution is 4.94. The minimum Gasteiger partial charge on any atom is -0.319 e. The summed E-state index contributed by atoms with van der Waals surface area (Å²) in [4.78, 5) is 28.3. The van der Waals surface area contributed by atoms with Gasteiger partial charge in [0, 0.05) is 24.6 Å². The van der Waals surface area contributed by atoms with Gasteiger partial charge >= 0.3 is 5.69 Å². The third-order valence-corrected chi connectivity index (χ3v) is 3.51. The number of aromatic nitrogens is 2. The molecule has 0 aromatic carbocycles. The van der Waals surface area contributed by atoms with Crippen LogP contribution in [0.15, 0.2) is 21.9 Å². The molecule has 1 fully saturated rings. The molecule has 2 rings (SSSR count). The Morgan fingerprint density at radius 1 is 1.58 bits per heavy atom. The van der Waals surface area contributed by atoms with Gasteiger partial charge in [0.05, 0.1) is 0 Å². The van der Waals surface area contributed by atoms with Gasteiger partial charge in [0.2, 0.25) is 5.79 Å². The van der Waals surface area contributed by atoms with E-state index in [0.29, 0.717) is 0 Å². The fourth-order valence-corrected chi connectivity index (χ4v) is 2.25. The fraction of sp³-hybridized carbons (Fsp3) is 0.636. The minimum atomic E-state index is -1.72. The lowest BCUT2D eigenvalue weighted by atomic mass is 9.96. The van der Waals surface area contributed by atoms with Crippen LogP contribution in [0.1, 0.15) is 26.5 Å². The summed E-state index contributed by atoms with van der Waals surface area (Å²) in [5.74, 6) is -2.62. The van der Waals surface area contributed by atoms with Crippen LogP contribution in [0.3, 0.4) is 0 Å². The molecule has 1 N–H and O–H groups in total. The number of nitrogens with one attached hydrogen (secondary N) is 1. The first-order chi connectivity index (χ1) is 8.95. The van der Waals surface area contributed by atoms with E-state index in [0.717, 1.165) is 16.8 Å². The first-order valence-electron chi connectivity index (χ1n) is 5.88. The monoisotopic (exact) mass is 276 g/mol. The maximum Gasteiger partial charge on any atom is 0.330 e. The van der Waals surface area contributed by atoms with Crippen molar-refractivity contribution in [3.8, 4) is 0 Å². The van der Waals surface area contributed by atoms with E-state index >= 15 is 0 Å². The lowest BCUT2D eigenvalue weighted by Gasteiger charge is -2.25. The van der Waals surface area contributed by atoms with E-state index in [2.05, 4.69) is 4.94 Å². The first-order valence-corrected chi connectivity index (χ1v) is 5.88. The van der Waals surface area contributed by atoms with Crippen molar-refractivity contribution in [1.82, 2.24) is 9.55 Å². The van der Waals surface area contributed by atoms with Crippen LogP contribution < -0.4 is 11.2 Å². The summed E-state index contributed by atoms with van der Waals surface area (Å²) in [5, 5.41) is 0. The van der Waals surface area contributed by atoms with E-state index in [1.54, 1.807) is 6.92 Å². The van der Waals surface area contributed by atoms with Crippen LogP contribution in [-0.4, -0.2) is 21.5 Å². The average molecular weight is 276 g/mol. The van der Waals surface area contributed by atoms with Gasteiger partial charge in [0.15, 0.2) is 12.4 Å². The highest BCUT2D eigenvalue weighted by atomic mass is 19.3. The molecule has 0 amide bonds. The number of nitrogens with zero attached hydrogens (tertiary/aromatic N) is 1. The fourth-order valence-electron chi connectivity index (χ4n) is 2.25. The largest absolute Gasteiger partial charge is 0.330 e. The molecule has 6 nitrogen and oxygen atoms in total. The second-order valence-corrected chi connectivity index (χ2v) is 4.50. The number of halogens is 2. The van der Waals surface area contributed by atoms with Crippen molar-refractivity contribution in [3.63, 3.8) is 0 Å². The number of H-pyrrole nitrogens is 1. The molecule has 1 saturated heterocycles. The summed E-state index contributed by atoms with van der Waals surface area (Å²) in [5.41, 5.74) is -1.43. The maximum absolute atomic E-state index is 14.2. The molecule has 1 aromatic rings. The molecule has 1 aliphatic heterocycles. The smallest absolute Gasteiger partial charge is 0.319 e. The van der Waals surface area contributed by atoms with Crippen LogP contribution in [0.5, 0.6) is 0 Å². The Morgan fingerprint density at radius 3 is 2.74 bits per heavy atom. The number of rotatable bonds is 3. The van der Waals surface area contributed by atoms with Gasteiger partial charge in [-0.1, -0.05) is 13.8 Å². The summed E-state index contributed by atoms with van der Waals surface area (Å²) in [6, 6.07) is 1.06. The topological polar surface area (TPSA) is 73.3 Å². The highest BCUT2D eigenvalue weighted by Gasteiger charge is 2.55. The van der Waals surface area contributed by atoms with E-state index in [1.165, 1.54) is 6.92 Å². The van der Waals surface area contributed by atoms with E-state index in [4.69, 9.17) is 4.74 Å². The number of hydrogen-bond acceptors (Lipinski definition) is 4. The molecule has 0 aliphatic carbocycles. The Balaban J connectivity index is 2.42. The predicted octanol–water partition coefficient (Wildman–Crippen LogP) is 1.05. The Morgan fingerprint density at radius 2 is 2.26 bits per heavy atom. The van der Waals surface area contributed by atoms with Crippen molar-refractivity contribution >= 4 is 0 Å². The molecule has 2 heterocycles. The van der Waals surface area contributed by atoms with E-state index in [9.17, 15) is 18.5 Å². The third-order valence-electron chi connectivity index (χ3n) is 3.51. The van der Waals surface area contributed by atoms with Gasteiger partial charge in [-0.05, 0) is 4.53 Å². The van der Waals surface area contributed by atoms with E-state index in [1.807, 2.05) is 4.98 Å². The molecule has 1 aromatic heterocycles. The van der Waals surface area contributed by atoms with Gasteiger partial charge in [0.1, 0.15) is 0 Å². The molecule has 4 atom stereocenters. The zero-order chi connectivity index (χ0) is 14.2. The summed E-state index contributed by atoms with van der Waals surface area (Å²) < 4.78 is 33.0. The molecule has 0 radical (unpaired) electrons. The normalized spacial score (nSPS) is 34.6. The summed E-state index contributed by atoms with van der Waals surface area (Å²) in [6.45, 7) is 3.02. The van der Waals surface area contributed by atoms with Crippen molar-refractivity contribution < 1.29 is 18.6 Å². The van der Waals surface area contributed by atoms with Crippen LogP contribution in [0.25, 0.3) is 0 Å². The van der Waals surface area contributed by atoms with Gasteiger partial charge in [0.25, 0.3) is 5.56 Å². The Bertz CT molecular complexity index is 566. The van der Waals surface area contributed by atoms with E-state index < -0.39 is 35.4 Å². The van der Waals surface area contributed by atoms with Gasteiger partial charge in [-0.3, -0.25) is 14.3 Å². The van der Waals surface area contributed by atoms with Gasteiger partial charge in [-0.15, -0.1) is 0 Å². The summed E-state index contributed by atoms with van der Waals surface area (Å²) in [6.07, 6.45) is -1.79. The molecule has 0 bridgehead atoms. The van der Waals surface area contributed by atoms with Crippen molar-refractivity contribution in [2.24, 2.45) is 5.92 Å². The van der Waals surface area contributed by atoms with Crippen LogP contribution in [-0.2, 0) is 9.68 Å². The molecular weight excluding hydrogens is 262 g/mol. The first kappa shape index (κ1) is 13.9. The SMILES string of the molecule is CC[C@@]1(OF)O[C@@H](n2ccc(=O)[nH]c2=O)[C@H](F)[C@@H]1C. The zero-order valence-corrected chi connectivity index (χ0v) is 10.4. The average Bonchev–Trinajstić information content (AvgIpc) is 2.64. The molecule has 0 unspecified atom stereocenters. The predicted molar refractivity (Wildman–Crippen MR) is 60.7 cm³/mol. The van der Waals surface area contributed by atoms with E-state index in [-0.39, 0.29) is 6.42 Å². The van der Waals surface area contributed by atoms with Crippen LogP contribution >= 0.6 is 0 Å². The Hall–Kier alpha value is -1.54. The molecule has 106 valence electrons. The molecule has 8 heteroatoms. The molecule has 19 heavy (non-hydrogen) atoms. The maximum atomic E-state index is 14.2. The van der Waals surface area contributed by atoms with Crippen molar-refractivity contribution in [2.45, 2.75) is 38.5 Å². The van der Waals surface area contributed by atoms with Gasteiger partial charge < -0.3 is 4.74 Å². The van der Waals surface area contributed by atoms with Crippen LogP contribution in [0.4, 0.5) is 8.92 Å². The number of hydrogen-bond donors (Lipinski definition) is 1. The highest BCUT2D eigenvalue weighted by Crippen LogP contribution is 2.45. The number of alkyl halides is 1. The van der Waals surface area contributed by atoms with Crippen molar-refractivity contribution in [3.05, 3.63) is 33.1 Å². The minimum absolute atomic E-state index is 0.0830. The molecule has 1 aliphatic rings. The number of aromatic amines is 1. The van der Waals surface area contributed by atoms with Crippen molar-refractivity contribution in [1.29, 1.82) is 0 Å². The third kappa shape index (κ3) is 2.10. The second kappa shape index (κ2) is 4.86. The zero-order valence-electron chi connectivity index (χ0n) is 10.4. The molecule has 0 saturated carbocycles. The standard InChI is InChI=1S/C11H14F2N2O4/c1-3-11(19-13)6(2)8(12)9(18-11)15-5-4-7(16)14-10(15)17/h4-6,8-9H,3H2,1-2H3,(H,14,16,17)/t6-,8+,9+,11-/m0/s1. The van der Waals surface area contributed by atoms with Crippen molar-refractivity contribution in [2.75, 3.05) is 0 Å². The lowest BCUT2D eigenvalue weighted by Crippen LogP contribution is -2.36. The summed E-state index contributed by atoms with van der Waals surface area (Å²) in [7, 11) is 0. The molecular formula is C11H14F2N2O4. The van der Waals surface area contributed by atoms with Crippen LogP contribution in [0, 0.1) is 5.92 Å². The van der Waals surface area contributed by atoms with Gasteiger partial charge in [-0.25, -0.2) is 9.18 Å². The Labute approximate surface area is 106 Å². The molecule has 0 spiro atoms. The number of ether oxygens (including phenoxy) is 1. The summed E-state index contributed by atoms with van der Waals surface area (Å²) >= 11 is 0. The lowest BCUT2D eigenvalue weighted by molar-refractivity contribution is -0.356. The van der Waals surface area contributed by atoms with Gasteiger partial charge in [-0.2, -0.15) is 4.94 Å².